The van der Waals surface area contributed by atoms with Crippen LogP contribution in [0.25, 0.3) is 23.3 Å². The van der Waals surface area contributed by atoms with Crippen molar-refractivity contribution >= 4 is 59.4 Å². The molecule has 0 radical (unpaired) electrons. The number of piperidine rings is 1. The number of hydrogen-bond acceptors (Lipinski definition) is 5. The number of carboxylic acid groups (broad SMARTS) is 2. The van der Waals surface area contributed by atoms with Crippen LogP contribution in [0.15, 0.2) is 131 Å². The van der Waals surface area contributed by atoms with Crippen molar-refractivity contribution in [1.29, 1.82) is 0 Å². The molecule has 0 saturated carbocycles. The molecule has 2 aliphatic heterocycles. The van der Waals surface area contributed by atoms with E-state index in [0.717, 1.165) is 13.0 Å². The van der Waals surface area contributed by atoms with Gasteiger partial charge in [-0.3, -0.25) is 0 Å². The molecule has 51 heavy (non-hydrogen) atoms. The molecule has 1 fully saturated rings. The Labute approximate surface area is 311 Å². The number of carbonyl (C=O) groups is 2. The molecule has 3 aliphatic rings. The summed E-state index contributed by atoms with van der Waals surface area (Å²) in [5.74, 6) is -2.51. The van der Waals surface area contributed by atoms with Crippen molar-refractivity contribution in [3.8, 4) is 0 Å². The second-order valence-corrected chi connectivity index (χ2v) is 13.7. The lowest BCUT2D eigenvalue weighted by Gasteiger charge is -2.30. The van der Waals surface area contributed by atoms with E-state index in [9.17, 15) is 9.59 Å². The van der Waals surface area contributed by atoms with Crippen LogP contribution in [0.5, 0.6) is 0 Å². The van der Waals surface area contributed by atoms with Gasteiger partial charge in [-0.05, 0) is 97.1 Å². The van der Waals surface area contributed by atoms with E-state index in [0.29, 0.717) is 12.2 Å². The lowest BCUT2D eigenvalue weighted by Crippen LogP contribution is -2.27. The zero-order valence-corrected chi connectivity index (χ0v) is 30.9. The molecular weight excluding hydrogens is 676 g/mol. The van der Waals surface area contributed by atoms with Gasteiger partial charge in [0.2, 0.25) is 0 Å². The van der Waals surface area contributed by atoms with Gasteiger partial charge in [-0.1, -0.05) is 120 Å². The van der Waals surface area contributed by atoms with E-state index in [-0.39, 0.29) is 12.4 Å². The molecule has 2 heterocycles. The van der Waals surface area contributed by atoms with Gasteiger partial charge in [-0.15, -0.1) is 12.4 Å². The number of likely N-dealkylation sites (tertiary alicyclic amines) is 1. The van der Waals surface area contributed by atoms with Crippen LogP contribution in [0.4, 0.5) is 0 Å². The summed E-state index contributed by atoms with van der Waals surface area (Å²) < 4.78 is 0. The average Bonchev–Trinajstić information content (AvgIpc) is 3.27. The van der Waals surface area contributed by atoms with Crippen LogP contribution in [-0.4, -0.2) is 72.7 Å². The topological polar surface area (TPSA) is 81.1 Å². The number of hydrogen-bond donors (Lipinski definition) is 2. The van der Waals surface area contributed by atoms with Gasteiger partial charge in [0.15, 0.2) is 0 Å². The molecule has 7 rings (SSSR count). The molecule has 0 aromatic heterocycles. The second-order valence-electron chi connectivity index (χ2n) is 12.6. The molecule has 1 saturated heterocycles. The van der Waals surface area contributed by atoms with Crippen molar-refractivity contribution in [2.45, 2.75) is 29.1 Å². The van der Waals surface area contributed by atoms with Crippen molar-refractivity contribution in [3.05, 3.63) is 154 Å². The monoisotopic (exact) mass is 720 g/mol. The van der Waals surface area contributed by atoms with Gasteiger partial charge >= 0.3 is 11.9 Å². The molecule has 0 atom stereocenters. The third-order valence-electron chi connectivity index (χ3n) is 8.71. The second kappa shape index (κ2) is 19.1. The van der Waals surface area contributed by atoms with Gasteiger partial charge < -0.3 is 20.0 Å². The number of fused-ring (bicyclic) bond motifs is 4. The molecule has 8 heteroatoms. The van der Waals surface area contributed by atoms with E-state index in [4.69, 9.17) is 10.2 Å². The highest BCUT2D eigenvalue weighted by Crippen LogP contribution is 2.47. The number of aliphatic carboxylic acids is 2. The maximum atomic E-state index is 9.55. The Bertz CT molecular complexity index is 1840. The fourth-order valence-corrected chi connectivity index (χ4v) is 7.33. The highest BCUT2D eigenvalue weighted by molar-refractivity contribution is 7.99. The van der Waals surface area contributed by atoms with Gasteiger partial charge in [0.25, 0.3) is 0 Å². The minimum absolute atomic E-state index is 0. The summed E-state index contributed by atoms with van der Waals surface area (Å²) in [6.07, 6.45) is 11.4. The number of rotatable bonds is 5. The first-order valence-electron chi connectivity index (χ1n) is 16.8. The predicted octanol–water partition coefficient (Wildman–Crippen LogP) is 9.37. The van der Waals surface area contributed by atoms with Crippen LogP contribution in [-0.2, 0) is 9.59 Å². The highest BCUT2D eigenvalue weighted by atomic mass is 35.5. The van der Waals surface area contributed by atoms with Crippen LogP contribution in [0.3, 0.4) is 0 Å². The Morgan fingerprint density at radius 2 is 1.14 bits per heavy atom. The van der Waals surface area contributed by atoms with Crippen LogP contribution in [0, 0.1) is 0 Å². The summed E-state index contributed by atoms with van der Waals surface area (Å²) >= 11 is 1.91. The molecular formula is C43H45ClN2O4S. The standard InChI is InChI=1S/C20H21N.C19H19NS.C4H4O4.ClH/c1-21(2)15-7-12-20-18-10-5-3-8-16(18)13-14-17-9-4-6-11-19(17)20;1-20-12-10-14(11-13-20)19-15-6-2-4-8-17(15)21-18-9-5-3-7-16(18)19;5-3(6)1-2-4(7)8;/h3-6,8-14H,7,15H2,1-2H3;2-9H,10-13H2,1H3;1-2H,(H,5,6)(H,7,8);1H. The molecule has 264 valence electrons. The van der Waals surface area contributed by atoms with Crippen molar-refractivity contribution in [1.82, 2.24) is 9.80 Å². The summed E-state index contributed by atoms with van der Waals surface area (Å²) in [4.78, 5) is 26.6. The van der Waals surface area contributed by atoms with E-state index in [2.05, 4.69) is 146 Å². The van der Waals surface area contributed by atoms with E-state index >= 15 is 0 Å². The summed E-state index contributed by atoms with van der Waals surface area (Å²) in [6, 6.07) is 35.0. The normalized spacial score (nSPS) is 14.3. The fourth-order valence-electron chi connectivity index (χ4n) is 6.24. The lowest BCUT2D eigenvalue weighted by molar-refractivity contribution is -0.134. The molecule has 0 unspecified atom stereocenters. The Hall–Kier alpha value is -4.66. The smallest absolute Gasteiger partial charge is 0.328 e. The Kier molecular flexibility index (Phi) is 14.6. The lowest BCUT2D eigenvalue weighted by atomic mass is 9.88. The minimum atomic E-state index is -1.26. The third kappa shape index (κ3) is 10.7. The van der Waals surface area contributed by atoms with Gasteiger partial charge in [-0.2, -0.15) is 0 Å². The quantitative estimate of drug-likeness (QED) is 0.172. The summed E-state index contributed by atoms with van der Waals surface area (Å²) in [5.41, 5.74) is 12.6. The first-order valence-corrected chi connectivity index (χ1v) is 17.7. The summed E-state index contributed by atoms with van der Waals surface area (Å²) in [6.45, 7) is 3.42. The first kappa shape index (κ1) is 39.1. The van der Waals surface area contributed by atoms with Crippen LogP contribution < -0.4 is 0 Å². The molecule has 0 spiro atoms. The molecule has 2 N–H and O–H groups in total. The zero-order chi connectivity index (χ0) is 35.5. The average molecular weight is 721 g/mol. The van der Waals surface area contributed by atoms with Crippen molar-refractivity contribution < 1.29 is 19.8 Å². The van der Waals surface area contributed by atoms with E-state index in [1.165, 1.54) is 80.2 Å². The van der Waals surface area contributed by atoms with Gasteiger partial charge in [0.1, 0.15) is 0 Å². The molecule has 0 amide bonds. The summed E-state index contributed by atoms with van der Waals surface area (Å²) in [5, 5.41) is 15.6. The van der Waals surface area contributed by atoms with Gasteiger partial charge in [-0.25, -0.2) is 9.59 Å². The van der Waals surface area contributed by atoms with Crippen LogP contribution in [0.1, 0.15) is 52.6 Å². The van der Waals surface area contributed by atoms with Crippen LogP contribution >= 0.6 is 24.2 Å². The van der Waals surface area contributed by atoms with E-state index in [1.807, 2.05) is 11.8 Å². The number of nitrogens with zero attached hydrogens (tertiary/aromatic N) is 2. The maximum Gasteiger partial charge on any atom is 0.328 e. The van der Waals surface area contributed by atoms with E-state index < -0.39 is 11.9 Å². The number of halogens is 1. The molecule has 0 bridgehead atoms. The highest BCUT2D eigenvalue weighted by Gasteiger charge is 2.24. The predicted molar refractivity (Wildman–Crippen MR) is 213 cm³/mol. The molecule has 4 aromatic rings. The minimum Gasteiger partial charge on any atom is -0.478 e. The Morgan fingerprint density at radius 1 is 0.706 bits per heavy atom. The number of benzene rings is 4. The summed E-state index contributed by atoms with van der Waals surface area (Å²) in [7, 11) is 6.46. The maximum absolute atomic E-state index is 9.55. The molecule has 4 aromatic carbocycles. The SMILES string of the molecule is CN(C)CCC=C1c2ccccc2C=Cc2ccccc21.CN1CCC(=C2c3ccccc3Sc3ccccc32)CC1.Cl.O=C(O)C=CC(=O)O. The number of carboxylic acids is 2. The van der Waals surface area contributed by atoms with Crippen molar-refractivity contribution in [2.24, 2.45) is 0 Å². The third-order valence-corrected chi connectivity index (χ3v) is 9.87. The Morgan fingerprint density at radius 3 is 1.59 bits per heavy atom. The zero-order valence-electron chi connectivity index (χ0n) is 29.3. The molecule has 6 nitrogen and oxygen atoms in total. The van der Waals surface area contributed by atoms with Crippen LogP contribution in [0.2, 0.25) is 0 Å². The van der Waals surface area contributed by atoms with E-state index in [1.54, 1.807) is 5.57 Å². The van der Waals surface area contributed by atoms with Gasteiger partial charge in [0.05, 0.1) is 0 Å². The largest absolute Gasteiger partial charge is 0.478 e. The Balaban J connectivity index is 0.000000187. The van der Waals surface area contributed by atoms with Crippen molar-refractivity contribution in [3.63, 3.8) is 0 Å². The fraction of sp³-hybridized carbons (Fsp3) is 0.209. The molecule has 1 aliphatic carbocycles. The van der Waals surface area contributed by atoms with Crippen molar-refractivity contribution in [2.75, 3.05) is 40.8 Å². The van der Waals surface area contributed by atoms with Gasteiger partial charge in [0, 0.05) is 41.6 Å². The first-order chi connectivity index (χ1) is 24.2.